The van der Waals surface area contributed by atoms with Gasteiger partial charge in [0.05, 0.1) is 0 Å². The van der Waals surface area contributed by atoms with Crippen LogP contribution in [0, 0.1) is 0 Å². The highest BCUT2D eigenvalue weighted by atomic mass is 79.9. The number of benzene rings is 4. The Morgan fingerprint density at radius 2 is 1.29 bits per heavy atom. The minimum Gasteiger partial charge on any atom is -0.0911 e. The molecular formula is C34H27Br. The van der Waals surface area contributed by atoms with Crippen molar-refractivity contribution in [1.29, 1.82) is 0 Å². The van der Waals surface area contributed by atoms with E-state index in [-0.39, 0.29) is 0 Å². The monoisotopic (exact) mass is 514 g/mol. The van der Waals surface area contributed by atoms with Crippen LogP contribution in [0.5, 0.6) is 0 Å². The molecule has 0 saturated carbocycles. The number of fused-ring (bicyclic) bond motifs is 1. The zero-order valence-electron chi connectivity index (χ0n) is 19.6. The molecule has 5 rings (SSSR count). The molecule has 0 heterocycles. The van der Waals surface area contributed by atoms with Crippen molar-refractivity contribution in [2.24, 2.45) is 0 Å². The third kappa shape index (κ3) is 5.06. The third-order valence-corrected chi connectivity index (χ3v) is 7.08. The van der Waals surface area contributed by atoms with Crippen LogP contribution in [0.2, 0.25) is 0 Å². The van der Waals surface area contributed by atoms with Gasteiger partial charge in [0, 0.05) is 5.33 Å². The van der Waals surface area contributed by atoms with Crippen LogP contribution in [-0.2, 0) is 5.33 Å². The summed E-state index contributed by atoms with van der Waals surface area (Å²) in [5.41, 5.74) is 9.62. The van der Waals surface area contributed by atoms with Crippen molar-refractivity contribution >= 4 is 27.1 Å². The fraction of sp³-hybridized carbons (Fsp3) is 0.0588. The number of alkyl halides is 1. The van der Waals surface area contributed by atoms with E-state index in [9.17, 15) is 0 Å². The number of hydrogen-bond donors (Lipinski definition) is 0. The Balaban J connectivity index is 1.91. The topological polar surface area (TPSA) is 0 Å². The lowest BCUT2D eigenvalue weighted by molar-refractivity contribution is 1.32. The van der Waals surface area contributed by atoms with E-state index in [1.807, 2.05) is 0 Å². The third-order valence-electron chi connectivity index (χ3n) is 6.43. The van der Waals surface area contributed by atoms with Crippen LogP contribution in [0.25, 0.3) is 22.3 Å². The van der Waals surface area contributed by atoms with Crippen molar-refractivity contribution in [3.63, 3.8) is 0 Å². The molecule has 0 N–H and O–H groups in total. The van der Waals surface area contributed by atoms with E-state index in [0.29, 0.717) is 0 Å². The molecule has 0 fully saturated rings. The Hall–Kier alpha value is -3.68. The van der Waals surface area contributed by atoms with E-state index in [0.717, 1.165) is 17.3 Å². The van der Waals surface area contributed by atoms with Crippen molar-refractivity contribution in [2.45, 2.75) is 11.8 Å². The van der Waals surface area contributed by atoms with Gasteiger partial charge in [-0.05, 0) is 67.5 Å². The van der Waals surface area contributed by atoms with Crippen molar-refractivity contribution in [3.05, 3.63) is 167 Å². The minimum absolute atomic E-state index is 0.849. The molecule has 0 spiro atoms. The normalized spacial score (nSPS) is 16.9. The van der Waals surface area contributed by atoms with Crippen LogP contribution in [0.4, 0.5) is 0 Å². The molecule has 0 saturated heterocycles. The molecule has 1 heteroatoms. The zero-order valence-corrected chi connectivity index (χ0v) is 21.2. The van der Waals surface area contributed by atoms with Gasteiger partial charge >= 0.3 is 0 Å². The van der Waals surface area contributed by atoms with Gasteiger partial charge in [0.15, 0.2) is 0 Å². The lowest BCUT2D eigenvalue weighted by atomic mass is 9.90. The van der Waals surface area contributed by atoms with Gasteiger partial charge in [0.2, 0.25) is 0 Å². The number of rotatable bonds is 4. The van der Waals surface area contributed by atoms with E-state index in [4.69, 9.17) is 0 Å². The van der Waals surface area contributed by atoms with Gasteiger partial charge in [-0.15, -0.1) is 0 Å². The summed E-state index contributed by atoms with van der Waals surface area (Å²) in [6.07, 6.45) is 9.43. The van der Waals surface area contributed by atoms with Crippen LogP contribution in [0.15, 0.2) is 140 Å². The predicted octanol–water partition coefficient (Wildman–Crippen LogP) is 7.72. The lowest BCUT2D eigenvalue weighted by Gasteiger charge is -2.14. The molecule has 170 valence electrons. The summed E-state index contributed by atoms with van der Waals surface area (Å²) in [4.78, 5) is 0. The molecule has 0 aromatic heterocycles. The van der Waals surface area contributed by atoms with Crippen molar-refractivity contribution in [1.82, 2.24) is 0 Å². The fourth-order valence-corrected chi connectivity index (χ4v) is 5.01. The summed E-state index contributed by atoms with van der Waals surface area (Å²) in [6.45, 7) is 4.47. The molecule has 0 unspecified atom stereocenters. The molecule has 1 aliphatic carbocycles. The summed E-state index contributed by atoms with van der Waals surface area (Å²) in [5, 5.41) is 3.32. The Morgan fingerprint density at radius 1 is 0.629 bits per heavy atom. The van der Waals surface area contributed by atoms with Crippen LogP contribution in [-0.4, -0.2) is 0 Å². The molecule has 0 bridgehead atoms. The first-order chi connectivity index (χ1) is 17.2. The van der Waals surface area contributed by atoms with E-state index in [1.165, 1.54) is 49.4 Å². The van der Waals surface area contributed by atoms with Gasteiger partial charge in [-0.3, -0.25) is 0 Å². The molecular weight excluding hydrogens is 488 g/mol. The summed E-state index contributed by atoms with van der Waals surface area (Å²) in [6, 6.07) is 37.0. The van der Waals surface area contributed by atoms with Gasteiger partial charge in [0.25, 0.3) is 0 Å². The second-order valence-electron chi connectivity index (χ2n) is 8.69. The van der Waals surface area contributed by atoms with Gasteiger partial charge in [0.1, 0.15) is 0 Å². The maximum absolute atomic E-state index is 4.47. The van der Waals surface area contributed by atoms with E-state index in [1.54, 1.807) is 0 Å². The van der Waals surface area contributed by atoms with Crippen LogP contribution in [0.1, 0.15) is 23.1 Å². The molecule has 0 aliphatic heterocycles. The Morgan fingerprint density at radius 3 is 1.97 bits per heavy atom. The summed E-state index contributed by atoms with van der Waals surface area (Å²) < 4.78 is 0. The summed E-state index contributed by atoms with van der Waals surface area (Å²) in [5.74, 6) is 0. The molecule has 4 aromatic rings. The average molecular weight is 515 g/mol. The fourth-order valence-electron chi connectivity index (χ4n) is 4.64. The summed E-state index contributed by atoms with van der Waals surface area (Å²) in [7, 11) is 0. The summed E-state index contributed by atoms with van der Waals surface area (Å²) >= 11 is 3.56. The molecule has 1 aliphatic rings. The van der Waals surface area contributed by atoms with Gasteiger partial charge in [-0.25, -0.2) is 0 Å². The van der Waals surface area contributed by atoms with Crippen LogP contribution >= 0.6 is 15.9 Å². The van der Waals surface area contributed by atoms with E-state index < -0.39 is 0 Å². The quantitative estimate of drug-likeness (QED) is 0.244. The van der Waals surface area contributed by atoms with E-state index >= 15 is 0 Å². The highest BCUT2D eigenvalue weighted by molar-refractivity contribution is 9.08. The molecule has 0 atom stereocenters. The molecule has 35 heavy (non-hydrogen) atoms. The minimum atomic E-state index is 0.849. The maximum Gasteiger partial charge on any atom is 0.0283 e. The van der Waals surface area contributed by atoms with Gasteiger partial charge < -0.3 is 0 Å². The predicted molar refractivity (Wildman–Crippen MR) is 154 cm³/mol. The van der Waals surface area contributed by atoms with Gasteiger partial charge in [-0.1, -0.05) is 144 Å². The number of hydrogen-bond acceptors (Lipinski definition) is 0. The Labute approximate surface area is 216 Å². The lowest BCUT2D eigenvalue weighted by Crippen LogP contribution is -2.30. The second-order valence-corrected chi connectivity index (χ2v) is 9.25. The first-order valence-electron chi connectivity index (χ1n) is 11.9. The second kappa shape index (κ2) is 10.7. The van der Waals surface area contributed by atoms with Crippen molar-refractivity contribution in [2.75, 3.05) is 0 Å². The maximum atomic E-state index is 4.47. The molecule has 0 radical (unpaired) electrons. The van der Waals surface area contributed by atoms with Gasteiger partial charge in [-0.2, -0.15) is 0 Å². The Bertz CT molecular complexity index is 1520. The smallest absolute Gasteiger partial charge is 0.0283 e. The van der Waals surface area contributed by atoms with Crippen LogP contribution in [0.3, 0.4) is 0 Å². The molecule has 0 nitrogen and oxygen atoms in total. The highest BCUT2D eigenvalue weighted by Crippen LogP contribution is 2.24. The Kier molecular flexibility index (Phi) is 7.07. The first-order valence-corrected chi connectivity index (χ1v) is 13.0. The largest absolute Gasteiger partial charge is 0.0911 e. The SMILES string of the molecule is C=C1/C=C\C=C/C/C(c2ccccc2)=c2/cc(-c3ccc(CBr)cc3)ccc2=C1c1ccccc1. The van der Waals surface area contributed by atoms with Crippen LogP contribution < -0.4 is 10.4 Å². The standard InChI is InChI=1S/C34H27Br/c1-25-11-5-2-10-16-31(28-12-6-3-7-13-28)33-23-30(27-19-17-26(24-35)18-20-27)21-22-32(33)34(25)29-14-8-4-9-15-29/h2-15,17-23H,1,16,24H2/b10-2-,11-5-,33-31+,34-32?. The number of halogens is 1. The number of allylic oxidation sites excluding steroid dienone is 5. The molecule has 4 aromatic carbocycles. The van der Waals surface area contributed by atoms with Crippen molar-refractivity contribution < 1.29 is 0 Å². The zero-order chi connectivity index (χ0) is 24.0. The van der Waals surface area contributed by atoms with E-state index in [2.05, 4.69) is 150 Å². The molecule has 0 amide bonds. The first kappa shape index (κ1) is 23.1. The highest BCUT2D eigenvalue weighted by Gasteiger charge is 2.11. The van der Waals surface area contributed by atoms with Crippen molar-refractivity contribution in [3.8, 4) is 11.1 Å². The average Bonchev–Trinajstić information content (AvgIpc) is 2.92.